The number of alkyl halides is 2. The van der Waals surface area contributed by atoms with Gasteiger partial charge in [-0.3, -0.25) is 0 Å². The normalized spacial score (nSPS) is 25.5. The van der Waals surface area contributed by atoms with Gasteiger partial charge in [-0.1, -0.05) is 6.07 Å². The molecule has 3 unspecified atom stereocenters. The van der Waals surface area contributed by atoms with Crippen LogP contribution in [0.2, 0.25) is 0 Å². The molecule has 0 spiro atoms. The highest BCUT2D eigenvalue weighted by Crippen LogP contribution is 2.34. The van der Waals surface area contributed by atoms with Gasteiger partial charge in [0, 0.05) is 6.54 Å². The number of guanidine groups is 1. The number of rotatable bonds is 6. The van der Waals surface area contributed by atoms with Crippen molar-refractivity contribution in [1.29, 1.82) is 0 Å². The fourth-order valence-corrected chi connectivity index (χ4v) is 3.34. The van der Waals surface area contributed by atoms with E-state index in [4.69, 9.17) is 4.74 Å². The molecule has 3 rings (SSSR count). The van der Waals surface area contributed by atoms with Gasteiger partial charge >= 0.3 is 6.61 Å². The van der Waals surface area contributed by atoms with Gasteiger partial charge in [0.15, 0.2) is 5.96 Å². The zero-order chi connectivity index (χ0) is 17.8. The van der Waals surface area contributed by atoms with Crippen molar-refractivity contribution in [2.24, 2.45) is 4.99 Å². The van der Waals surface area contributed by atoms with Crippen LogP contribution < -0.4 is 15.4 Å². The quantitative estimate of drug-likeness (QED) is 0.607. The van der Waals surface area contributed by atoms with Crippen LogP contribution in [0, 0.1) is 5.82 Å². The number of nitrogens with zero attached hydrogens (tertiary/aromatic N) is 1. The second kappa shape index (κ2) is 7.95. The minimum Gasteiger partial charge on any atom is -0.434 e. The van der Waals surface area contributed by atoms with Crippen LogP contribution in [0.3, 0.4) is 0 Å². The van der Waals surface area contributed by atoms with Crippen LogP contribution in [-0.2, 0) is 11.3 Å². The molecule has 2 heterocycles. The summed E-state index contributed by atoms with van der Waals surface area (Å²) in [6.07, 6.45) is 3.47. The third-order valence-corrected chi connectivity index (χ3v) is 4.46. The summed E-state index contributed by atoms with van der Waals surface area (Å²) >= 11 is 0. The van der Waals surface area contributed by atoms with Crippen molar-refractivity contribution >= 4 is 5.96 Å². The Bertz CT molecular complexity index is 627. The predicted octanol–water partition coefficient (Wildman–Crippen LogP) is 2.80. The van der Waals surface area contributed by atoms with Crippen molar-refractivity contribution < 1.29 is 22.6 Å². The maximum Gasteiger partial charge on any atom is 0.387 e. The van der Waals surface area contributed by atoms with Gasteiger partial charge in [0.1, 0.15) is 11.6 Å². The van der Waals surface area contributed by atoms with Crippen LogP contribution >= 0.6 is 0 Å². The molecule has 2 fully saturated rings. The summed E-state index contributed by atoms with van der Waals surface area (Å²) in [6, 6.07) is 4.00. The first-order valence-corrected chi connectivity index (χ1v) is 8.49. The fourth-order valence-electron chi connectivity index (χ4n) is 3.34. The second-order valence-corrected chi connectivity index (χ2v) is 6.15. The highest BCUT2D eigenvalue weighted by atomic mass is 19.3. The van der Waals surface area contributed by atoms with Crippen molar-refractivity contribution in [3.8, 4) is 5.75 Å². The zero-order valence-electron chi connectivity index (χ0n) is 14.0. The minimum atomic E-state index is -3.01. The van der Waals surface area contributed by atoms with Gasteiger partial charge in [0.25, 0.3) is 0 Å². The number of hydrogen-bond donors (Lipinski definition) is 2. The topological polar surface area (TPSA) is 54.9 Å². The van der Waals surface area contributed by atoms with Gasteiger partial charge in [-0.25, -0.2) is 9.38 Å². The predicted molar refractivity (Wildman–Crippen MR) is 87.3 cm³/mol. The van der Waals surface area contributed by atoms with Crippen molar-refractivity contribution in [2.75, 3.05) is 6.54 Å². The Morgan fingerprint density at radius 1 is 1.40 bits per heavy atom. The minimum absolute atomic E-state index is 0.00388. The highest BCUT2D eigenvalue weighted by Gasteiger charge is 2.41. The molecule has 5 nitrogen and oxygen atoms in total. The van der Waals surface area contributed by atoms with Crippen LogP contribution in [0.5, 0.6) is 5.75 Å². The van der Waals surface area contributed by atoms with Crippen molar-refractivity contribution in [3.05, 3.63) is 29.6 Å². The lowest BCUT2D eigenvalue weighted by Crippen LogP contribution is -2.47. The van der Waals surface area contributed by atoms with Crippen LogP contribution in [0.15, 0.2) is 23.2 Å². The second-order valence-electron chi connectivity index (χ2n) is 6.15. The first-order chi connectivity index (χ1) is 12.1. The van der Waals surface area contributed by atoms with Crippen molar-refractivity contribution in [3.63, 3.8) is 0 Å². The number of fused-ring (bicyclic) bond motifs is 2. The molecule has 25 heavy (non-hydrogen) atoms. The fraction of sp³-hybridized carbons (Fsp3) is 0.588. The molecule has 2 saturated heterocycles. The molecule has 138 valence electrons. The SMILES string of the molecule is CCNC(=NCc1c(F)cccc1OC(F)F)NC1CC2CCC1O2. The van der Waals surface area contributed by atoms with Crippen LogP contribution in [0.1, 0.15) is 31.7 Å². The van der Waals surface area contributed by atoms with E-state index in [0.29, 0.717) is 18.6 Å². The monoisotopic (exact) mass is 357 g/mol. The molecule has 1 aromatic carbocycles. The number of benzene rings is 1. The number of halogens is 3. The molecular weight excluding hydrogens is 335 g/mol. The summed E-state index contributed by atoms with van der Waals surface area (Å²) in [5.74, 6) is -0.311. The van der Waals surface area contributed by atoms with E-state index < -0.39 is 12.4 Å². The molecule has 2 N–H and O–H groups in total. The maximum atomic E-state index is 14.0. The Morgan fingerprint density at radius 2 is 2.24 bits per heavy atom. The first kappa shape index (κ1) is 17.8. The Balaban J connectivity index is 1.71. The molecule has 0 saturated carbocycles. The average Bonchev–Trinajstić information content (AvgIpc) is 3.16. The molecule has 1 aromatic rings. The molecule has 0 aromatic heterocycles. The van der Waals surface area contributed by atoms with Gasteiger partial charge in [0.05, 0.1) is 30.4 Å². The Morgan fingerprint density at radius 3 is 2.88 bits per heavy atom. The largest absolute Gasteiger partial charge is 0.434 e. The standard InChI is InChI=1S/C17H22F3N3O2/c1-2-21-17(23-13-8-10-6-7-15(13)24-10)22-9-11-12(18)4-3-5-14(11)25-16(19)20/h3-5,10,13,15-16H,2,6-9H2,1H3,(H2,21,22,23). The molecule has 3 atom stereocenters. The van der Waals surface area contributed by atoms with Gasteiger partial charge in [-0.2, -0.15) is 8.78 Å². The molecule has 8 heteroatoms. The van der Waals surface area contributed by atoms with Crippen molar-refractivity contribution in [2.45, 2.75) is 57.6 Å². The van der Waals surface area contributed by atoms with E-state index in [1.807, 2.05) is 6.92 Å². The van der Waals surface area contributed by atoms with Crippen LogP contribution in [0.4, 0.5) is 13.2 Å². The molecular formula is C17H22F3N3O2. The molecule has 2 aliphatic rings. The van der Waals surface area contributed by atoms with E-state index in [-0.39, 0.29) is 30.0 Å². The number of nitrogens with one attached hydrogen (secondary N) is 2. The first-order valence-electron chi connectivity index (χ1n) is 8.49. The molecule has 0 radical (unpaired) electrons. The van der Waals surface area contributed by atoms with E-state index in [2.05, 4.69) is 20.4 Å². The summed E-state index contributed by atoms with van der Waals surface area (Å²) in [5.41, 5.74) is 0.00388. The molecule has 0 aliphatic carbocycles. The van der Waals surface area contributed by atoms with E-state index in [0.717, 1.165) is 19.3 Å². The number of aliphatic imine (C=N–C) groups is 1. The number of ether oxygens (including phenoxy) is 2. The molecule has 0 amide bonds. The van der Waals surface area contributed by atoms with E-state index >= 15 is 0 Å². The Labute approximate surface area is 144 Å². The van der Waals surface area contributed by atoms with E-state index in [9.17, 15) is 13.2 Å². The van der Waals surface area contributed by atoms with Gasteiger partial charge in [-0.15, -0.1) is 0 Å². The summed E-state index contributed by atoms with van der Waals surface area (Å²) in [6.45, 7) is -0.568. The van der Waals surface area contributed by atoms with Gasteiger partial charge in [-0.05, 0) is 38.3 Å². The summed E-state index contributed by atoms with van der Waals surface area (Å²) in [5, 5.41) is 6.39. The van der Waals surface area contributed by atoms with Crippen LogP contribution in [0.25, 0.3) is 0 Å². The Kier molecular flexibility index (Phi) is 5.67. The van der Waals surface area contributed by atoms with E-state index in [1.54, 1.807) is 0 Å². The third-order valence-electron chi connectivity index (χ3n) is 4.46. The van der Waals surface area contributed by atoms with E-state index in [1.165, 1.54) is 18.2 Å². The van der Waals surface area contributed by atoms with Gasteiger partial charge < -0.3 is 20.1 Å². The van der Waals surface area contributed by atoms with Crippen molar-refractivity contribution in [1.82, 2.24) is 10.6 Å². The highest BCUT2D eigenvalue weighted by molar-refractivity contribution is 5.80. The molecule has 2 aliphatic heterocycles. The van der Waals surface area contributed by atoms with Crippen LogP contribution in [-0.4, -0.2) is 37.4 Å². The lowest BCUT2D eigenvalue weighted by Gasteiger charge is -2.22. The lowest BCUT2D eigenvalue weighted by atomic mass is 9.96. The lowest BCUT2D eigenvalue weighted by molar-refractivity contribution is -0.0506. The maximum absolute atomic E-state index is 14.0. The summed E-state index contributed by atoms with van der Waals surface area (Å²) in [4.78, 5) is 4.33. The average molecular weight is 357 g/mol. The van der Waals surface area contributed by atoms with Gasteiger partial charge in [0.2, 0.25) is 0 Å². The summed E-state index contributed by atoms with van der Waals surface area (Å²) in [7, 11) is 0. The number of hydrogen-bond acceptors (Lipinski definition) is 3. The Hall–Kier alpha value is -1.96. The smallest absolute Gasteiger partial charge is 0.387 e. The summed E-state index contributed by atoms with van der Waals surface area (Å²) < 4.78 is 49.2. The third kappa shape index (κ3) is 4.36. The zero-order valence-corrected chi connectivity index (χ0v) is 14.0. The molecule has 2 bridgehead atoms.